The first-order chi connectivity index (χ1) is 8.86. The molecule has 0 atom stereocenters. The van der Waals surface area contributed by atoms with Crippen molar-refractivity contribution in [1.29, 1.82) is 0 Å². The fourth-order valence-corrected chi connectivity index (χ4v) is 3.45. The molecule has 1 aromatic carbocycles. The molecule has 0 bridgehead atoms. The molecule has 0 amide bonds. The number of nitrogens with zero attached hydrogens (tertiary/aromatic N) is 1. The molecule has 2 nitrogen and oxygen atoms in total. The molecule has 1 fully saturated rings. The lowest BCUT2D eigenvalue weighted by Gasteiger charge is -2.26. The summed E-state index contributed by atoms with van der Waals surface area (Å²) in [6.45, 7) is 2.37. The highest BCUT2D eigenvalue weighted by Gasteiger charge is 2.26. The van der Waals surface area contributed by atoms with Gasteiger partial charge in [-0.25, -0.2) is 0 Å². The zero-order valence-electron chi connectivity index (χ0n) is 11.1. The highest BCUT2D eigenvalue weighted by molar-refractivity contribution is 5.34. The van der Waals surface area contributed by atoms with Gasteiger partial charge in [0.1, 0.15) is 0 Å². The van der Waals surface area contributed by atoms with Crippen LogP contribution in [0.25, 0.3) is 0 Å². The van der Waals surface area contributed by atoms with Crippen LogP contribution in [0.5, 0.6) is 0 Å². The van der Waals surface area contributed by atoms with Gasteiger partial charge in [0.05, 0.1) is 6.61 Å². The molecule has 0 spiro atoms. The van der Waals surface area contributed by atoms with Crippen LogP contribution in [0.15, 0.2) is 18.2 Å². The molecule has 0 saturated heterocycles. The van der Waals surface area contributed by atoms with Crippen LogP contribution in [-0.2, 0) is 19.7 Å². The highest BCUT2D eigenvalue weighted by Crippen LogP contribution is 2.30. The quantitative estimate of drug-likeness (QED) is 0.809. The van der Waals surface area contributed by atoms with Crippen molar-refractivity contribution in [2.45, 2.75) is 64.3 Å². The molecule has 3 rings (SSSR count). The van der Waals surface area contributed by atoms with Gasteiger partial charge < -0.3 is 5.11 Å². The number of aliphatic hydroxyl groups is 1. The molecule has 18 heavy (non-hydrogen) atoms. The Labute approximate surface area is 110 Å². The van der Waals surface area contributed by atoms with Crippen molar-refractivity contribution in [3.8, 4) is 0 Å². The number of hydrogen-bond donors (Lipinski definition) is 1. The molecule has 1 N–H and O–H groups in total. The molecule has 0 unspecified atom stereocenters. The van der Waals surface area contributed by atoms with E-state index < -0.39 is 0 Å². The molecule has 0 radical (unpaired) electrons. The maximum Gasteiger partial charge on any atom is 0.0681 e. The van der Waals surface area contributed by atoms with Crippen LogP contribution in [-0.4, -0.2) is 16.0 Å². The van der Waals surface area contributed by atoms with Gasteiger partial charge in [-0.15, -0.1) is 0 Å². The van der Waals surface area contributed by atoms with Crippen molar-refractivity contribution >= 4 is 0 Å². The fraction of sp³-hybridized carbons (Fsp3) is 0.625. The lowest BCUT2D eigenvalue weighted by atomic mass is 10.1. The molecule has 0 aromatic heterocycles. The molecule has 1 aliphatic carbocycles. The second-order valence-corrected chi connectivity index (χ2v) is 5.81. The molecule has 2 heteroatoms. The summed E-state index contributed by atoms with van der Waals surface area (Å²) in [4.78, 5) is 2.65. The van der Waals surface area contributed by atoms with Crippen LogP contribution in [0, 0.1) is 0 Å². The van der Waals surface area contributed by atoms with Gasteiger partial charge in [-0.3, -0.25) is 4.90 Å². The number of benzene rings is 1. The molecule has 1 heterocycles. The topological polar surface area (TPSA) is 23.5 Å². The van der Waals surface area contributed by atoms with Crippen molar-refractivity contribution in [3.63, 3.8) is 0 Å². The Balaban J connectivity index is 1.71. The Morgan fingerprint density at radius 1 is 1.00 bits per heavy atom. The van der Waals surface area contributed by atoms with Crippen LogP contribution >= 0.6 is 0 Å². The molecule has 1 aliphatic heterocycles. The average Bonchev–Trinajstić information content (AvgIpc) is 2.63. The second-order valence-electron chi connectivity index (χ2n) is 5.81. The monoisotopic (exact) mass is 245 g/mol. The van der Waals surface area contributed by atoms with Crippen molar-refractivity contribution in [2.24, 2.45) is 0 Å². The Hall–Kier alpha value is -0.860. The molecule has 1 aromatic rings. The predicted octanol–water partition coefficient (Wildman–Crippen LogP) is 3.22. The summed E-state index contributed by atoms with van der Waals surface area (Å²) in [5.74, 6) is 0. The van der Waals surface area contributed by atoms with Crippen LogP contribution in [0.3, 0.4) is 0 Å². The van der Waals surface area contributed by atoms with E-state index >= 15 is 0 Å². The van der Waals surface area contributed by atoms with Crippen molar-refractivity contribution < 1.29 is 5.11 Å². The van der Waals surface area contributed by atoms with E-state index in [1.807, 2.05) is 0 Å². The van der Waals surface area contributed by atoms with Gasteiger partial charge in [0.25, 0.3) is 0 Å². The first kappa shape index (κ1) is 12.2. The Kier molecular flexibility index (Phi) is 3.67. The van der Waals surface area contributed by atoms with Gasteiger partial charge in [-0.1, -0.05) is 43.9 Å². The van der Waals surface area contributed by atoms with Crippen LogP contribution in [0.2, 0.25) is 0 Å². The third-order valence-electron chi connectivity index (χ3n) is 4.54. The summed E-state index contributed by atoms with van der Waals surface area (Å²) in [7, 11) is 0. The molecule has 1 saturated carbocycles. The largest absolute Gasteiger partial charge is 0.392 e. The van der Waals surface area contributed by atoms with E-state index in [0.29, 0.717) is 0 Å². The van der Waals surface area contributed by atoms with E-state index in [2.05, 4.69) is 23.1 Å². The molecule has 98 valence electrons. The van der Waals surface area contributed by atoms with E-state index in [9.17, 15) is 5.11 Å². The van der Waals surface area contributed by atoms with Gasteiger partial charge in [0, 0.05) is 19.1 Å². The minimum Gasteiger partial charge on any atom is -0.392 e. The number of hydrogen-bond acceptors (Lipinski definition) is 2. The normalized spacial score (nSPS) is 21.8. The van der Waals surface area contributed by atoms with Crippen molar-refractivity contribution in [2.75, 3.05) is 0 Å². The zero-order valence-corrected chi connectivity index (χ0v) is 11.1. The van der Waals surface area contributed by atoms with Gasteiger partial charge in [0.2, 0.25) is 0 Å². The van der Waals surface area contributed by atoms with Crippen molar-refractivity contribution in [1.82, 2.24) is 4.90 Å². The maximum absolute atomic E-state index is 9.21. The summed E-state index contributed by atoms with van der Waals surface area (Å²) in [5.41, 5.74) is 3.96. The first-order valence-corrected chi connectivity index (χ1v) is 7.32. The predicted molar refractivity (Wildman–Crippen MR) is 73.1 cm³/mol. The van der Waals surface area contributed by atoms with Crippen LogP contribution < -0.4 is 0 Å². The second kappa shape index (κ2) is 5.41. The Bertz CT molecular complexity index is 408. The Morgan fingerprint density at radius 2 is 1.72 bits per heavy atom. The summed E-state index contributed by atoms with van der Waals surface area (Å²) < 4.78 is 0. The first-order valence-electron chi connectivity index (χ1n) is 7.32. The van der Waals surface area contributed by atoms with Gasteiger partial charge in [0.15, 0.2) is 0 Å². The van der Waals surface area contributed by atoms with E-state index in [1.165, 1.54) is 49.7 Å². The van der Waals surface area contributed by atoms with Crippen LogP contribution in [0.1, 0.15) is 55.2 Å². The summed E-state index contributed by atoms with van der Waals surface area (Å²) in [5, 5.41) is 9.21. The maximum atomic E-state index is 9.21. The third kappa shape index (κ3) is 2.45. The smallest absolute Gasteiger partial charge is 0.0681 e. The lowest BCUT2D eigenvalue weighted by Crippen LogP contribution is -2.29. The fourth-order valence-electron chi connectivity index (χ4n) is 3.45. The minimum atomic E-state index is 0.163. The van der Waals surface area contributed by atoms with E-state index in [-0.39, 0.29) is 6.61 Å². The number of rotatable bonds is 2. The average molecular weight is 245 g/mol. The van der Waals surface area contributed by atoms with Gasteiger partial charge >= 0.3 is 0 Å². The standard InChI is InChI=1S/C16H23NO/c18-12-13-7-8-14-10-17(11-15(14)9-13)16-5-3-1-2-4-6-16/h7-9,16,18H,1-6,10-12H2. The highest BCUT2D eigenvalue weighted by atomic mass is 16.3. The summed E-state index contributed by atoms with van der Waals surface area (Å²) >= 11 is 0. The summed E-state index contributed by atoms with van der Waals surface area (Å²) in [6.07, 6.45) is 8.40. The van der Waals surface area contributed by atoms with Gasteiger partial charge in [-0.2, -0.15) is 0 Å². The number of aliphatic hydroxyl groups excluding tert-OH is 1. The zero-order chi connectivity index (χ0) is 12.4. The van der Waals surface area contributed by atoms with Crippen LogP contribution in [0.4, 0.5) is 0 Å². The molecular weight excluding hydrogens is 222 g/mol. The van der Waals surface area contributed by atoms with E-state index in [1.54, 1.807) is 0 Å². The van der Waals surface area contributed by atoms with Crippen molar-refractivity contribution in [3.05, 3.63) is 34.9 Å². The van der Waals surface area contributed by atoms with E-state index in [0.717, 1.165) is 24.7 Å². The van der Waals surface area contributed by atoms with Gasteiger partial charge in [-0.05, 0) is 29.5 Å². The third-order valence-corrected chi connectivity index (χ3v) is 4.54. The lowest BCUT2D eigenvalue weighted by molar-refractivity contribution is 0.180. The van der Waals surface area contributed by atoms with E-state index in [4.69, 9.17) is 0 Å². The molecular formula is C16H23NO. The summed E-state index contributed by atoms with van der Waals surface area (Å²) in [6, 6.07) is 7.25. The number of fused-ring (bicyclic) bond motifs is 1. The Morgan fingerprint density at radius 3 is 2.44 bits per heavy atom. The minimum absolute atomic E-state index is 0.163. The SMILES string of the molecule is OCc1ccc2c(c1)CN(C1CCCCCC1)C2. The molecule has 2 aliphatic rings.